The summed E-state index contributed by atoms with van der Waals surface area (Å²) in [5, 5.41) is 9.23. The number of halogens is 1. The Morgan fingerprint density at radius 2 is 2.05 bits per heavy atom. The molecule has 1 aromatic rings. The van der Waals surface area contributed by atoms with Crippen LogP contribution in [0.1, 0.15) is 37.7 Å². The molecule has 0 atom stereocenters. The van der Waals surface area contributed by atoms with Crippen LogP contribution >= 0.6 is 11.6 Å². The number of aromatic nitrogens is 1. The quantitative estimate of drug-likeness (QED) is 0.859. The Hall–Kier alpha value is -1.31. The third-order valence-electron chi connectivity index (χ3n) is 4.30. The highest BCUT2D eigenvalue weighted by molar-refractivity contribution is 6.31. The number of hydrogen-bond donors (Lipinski definition) is 0. The van der Waals surface area contributed by atoms with Crippen LogP contribution in [0.15, 0.2) is 12.3 Å². The van der Waals surface area contributed by atoms with Gasteiger partial charge in [-0.25, -0.2) is 4.98 Å². The number of likely N-dealkylation sites (tertiary alicyclic amines) is 1. The van der Waals surface area contributed by atoms with Gasteiger partial charge in [-0.05, 0) is 25.7 Å². The molecule has 3 rings (SSSR count). The van der Waals surface area contributed by atoms with Crippen LogP contribution < -0.4 is 4.74 Å². The first-order valence-electron chi connectivity index (χ1n) is 7.22. The topological polar surface area (TPSA) is 49.1 Å². The van der Waals surface area contributed by atoms with E-state index in [4.69, 9.17) is 21.6 Å². The van der Waals surface area contributed by atoms with Crippen molar-refractivity contribution in [3.05, 3.63) is 22.8 Å². The van der Waals surface area contributed by atoms with Crippen molar-refractivity contribution in [3.8, 4) is 11.9 Å². The molecule has 0 bridgehead atoms. The lowest BCUT2D eigenvalue weighted by Gasteiger charge is -2.41. The molecule has 4 nitrogen and oxygen atoms in total. The first kappa shape index (κ1) is 13.7. The highest BCUT2D eigenvalue weighted by Gasteiger charge is 2.29. The van der Waals surface area contributed by atoms with Gasteiger partial charge in [0, 0.05) is 25.2 Å². The van der Waals surface area contributed by atoms with Gasteiger partial charge in [0.15, 0.2) is 0 Å². The van der Waals surface area contributed by atoms with Crippen LogP contribution in [0.25, 0.3) is 0 Å². The van der Waals surface area contributed by atoms with Crippen LogP contribution in [0, 0.1) is 11.3 Å². The van der Waals surface area contributed by atoms with Crippen molar-refractivity contribution in [2.24, 2.45) is 0 Å². The summed E-state index contributed by atoms with van der Waals surface area (Å²) in [6, 6.07) is 4.46. The summed E-state index contributed by atoms with van der Waals surface area (Å²) in [6.45, 7) is 2.22. The normalized spacial score (nSPS) is 21.2. The van der Waals surface area contributed by atoms with E-state index in [9.17, 15) is 0 Å². The van der Waals surface area contributed by atoms with Crippen molar-refractivity contribution >= 4 is 11.6 Å². The van der Waals surface area contributed by atoms with E-state index in [-0.39, 0.29) is 6.10 Å². The maximum absolute atomic E-state index is 8.82. The highest BCUT2D eigenvalue weighted by atomic mass is 35.5. The van der Waals surface area contributed by atoms with Gasteiger partial charge in [-0.1, -0.05) is 18.0 Å². The van der Waals surface area contributed by atoms with E-state index >= 15 is 0 Å². The third kappa shape index (κ3) is 2.89. The lowest BCUT2D eigenvalue weighted by Crippen LogP contribution is -2.46. The fourth-order valence-corrected chi connectivity index (χ4v) is 3.03. The Labute approximate surface area is 124 Å². The van der Waals surface area contributed by atoms with Crippen LogP contribution in [0.5, 0.6) is 5.88 Å². The second kappa shape index (κ2) is 5.99. The number of hydrogen-bond acceptors (Lipinski definition) is 4. The van der Waals surface area contributed by atoms with Crippen molar-refractivity contribution in [2.75, 3.05) is 13.1 Å². The maximum atomic E-state index is 8.82. The summed E-state index contributed by atoms with van der Waals surface area (Å²) >= 11 is 5.99. The molecule has 0 spiro atoms. The summed E-state index contributed by atoms with van der Waals surface area (Å²) in [7, 11) is 0. The minimum Gasteiger partial charge on any atom is -0.474 e. The van der Waals surface area contributed by atoms with Crippen LogP contribution in [0.3, 0.4) is 0 Å². The van der Waals surface area contributed by atoms with E-state index in [1.807, 2.05) is 6.07 Å². The molecule has 106 valence electrons. The summed E-state index contributed by atoms with van der Waals surface area (Å²) in [6.07, 6.45) is 7.86. The lowest BCUT2D eigenvalue weighted by molar-refractivity contribution is 0.0475. The van der Waals surface area contributed by atoms with Crippen molar-refractivity contribution in [1.29, 1.82) is 5.26 Å². The Morgan fingerprint density at radius 3 is 2.60 bits per heavy atom. The maximum Gasteiger partial charge on any atom is 0.215 e. The first-order valence-corrected chi connectivity index (χ1v) is 7.60. The van der Waals surface area contributed by atoms with Crippen LogP contribution in [0.2, 0.25) is 5.02 Å². The number of nitrogens with zero attached hydrogens (tertiary/aromatic N) is 3. The predicted molar refractivity (Wildman–Crippen MR) is 76.8 cm³/mol. The fraction of sp³-hybridized carbons (Fsp3) is 0.600. The molecule has 2 aliphatic rings. The molecule has 20 heavy (non-hydrogen) atoms. The van der Waals surface area contributed by atoms with Gasteiger partial charge >= 0.3 is 0 Å². The zero-order valence-electron chi connectivity index (χ0n) is 11.4. The Morgan fingerprint density at radius 1 is 1.30 bits per heavy atom. The Kier molecular flexibility index (Phi) is 4.09. The minimum absolute atomic E-state index is 0.211. The average Bonchev–Trinajstić information content (AvgIpc) is 2.39. The smallest absolute Gasteiger partial charge is 0.215 e. The molecule has 1 aromatic heterocycles. The van der Waals surface area contributed by atoms with Gasteiger partial charge in [-0.3, -0.25) is 0 Å². The highest BCUT2D eigenvalue weighted by Crippen LogP contribution is 2.28. The first-order chi connectivity index (χ1) is 9.76. The third-order valence-corrected chi connectivity index (χ3v) is 4.62. The number of rotatable bonds is 3. The summed E-state index contributed by atoms with van der Waals surface area (Å²) < 4.78 is 5.88. The molecule has 0 aromatic carbocycles. The monoisotopic (exact) mass is 291 g/mol. The van der Waals surface area contributed by atoms with Gasteiger partial charge in [0.1, 0.15) is 12.2 Å². The van der Waals surface area contributed by atoms with Gasteiger partial charge < -0.3 is 9.64 Å². The number of pyridine rings is 1. The van der Waals surface area contributed by atoms with Crippen LogP contribution in [-0.4, -0.2) is 35.1 Å². The summed E-state index contributed by atoms with van der Waals surface area (Å²) in [5.74, 6) is 0.524. The Bertz CT molecular complexity index is 516. The average molecular weight is 292 g/mol. The standard InChI is InChI=1S/C15H18ClN3O/c16-14-8-15(18-10-11(14)9-17)20-13-4-6-19(7-5-13)12-2-1-3-12/h8,10,12-13H,1-7H2. The Balaban J connectivity index is 1.54. The summed E-state index contributed by atoms with van der Waals surface area (Å²) in [5.41, 5.74) is 0.388. The molecule has 2 fully saturated rings. The van der Waals surface area contributed by atoms with Gasteiger partial charge in [0.2, 0.25) is 5.88 Å². The zero-order valence-corrected chi connectivity index (χ0v) is 12.1. The molecule has 0 amide bonds. The molecule has 2 heterocycles. The van der Waals surface area contributed by atoms with Crippen LogP contribution in [0.4, 0.5) is 0 Å². The SMILES string of the molecule is N#Cc1cnc(OC2CCN(C3CCC3)CC2)cc1Cl. The van der Waals surface area contributed by atoms with Crippen molar-refractivity contribution in [1.82, 2.24) is 9.88 Å². The van der Waals surface area contributed by atoms with E-state index in [2.05, 4.69) is 9.88 Å². The molecule has 0 unspecified atom stereocenters. The zero-order chi connectivity index (χ0) is 13.9. The van der Waals surface area contributed by atoms with Gasteiger partial charge in [-0.2, -0.15) is 5.26 Å². The summed E-state index contributed by atoms with van der Waals surface area (Å²) in [4.78, 5) is 6.73. The van der Waals surface area contributed by atoms with Crippen molar-refractivity contribution in [3.63, 3.8) is 0 Å². The molecule has 0 N–H and O–H groups in total. The molecule has 5 heteroatoms. The lowest BCUT2D eigenvalue weighted by atomic mass is 9.90. The van der Waals surface area contributed by atoms with Crippen molar-refractivity contribution in [2.45, 2.75) is 44.2 Å². The number of piperidine rings is 1. The second-order valence-electron chi connectivity index (χ2n) is 5.55. The molecule has 1 aliphatic heterocycles. The minimum atomic E-state index is 0.211. The second-order valence-corrected chi connectivity index (χ2v) is 5.96. The molecular formula is C15H18ClN3O. The van der Waals surface area contributed by atoms with E-state index in [0.29, 0.717) is 16.5 Å². The number of nitriles is 1. The van der Waals surface area contributed by atoms with E-state index in [1.165, 1.54) is 25.5 Å². The fourth-order valence-electron chi connectivity index (χ4n) is 2.84. The van der Waals surface area contributed by atoms with E-state index < -0.39 is 0 Å². The number of ether oxygens (including phenoxy) is 1. The molecule has 1 saturated heterocycles. The van der Waals surface area contributed by atoms with Crippen molar-refractivity contribution < 1.29 is 4.74 Å². The molecule has 1 aliphatic carbocycles. The van der Waals surface area contributed by atoms with Gasteiger partial charge in [-0.15, -0.1) is 0 Å². The molecular weight excluding hydrogens is 274 g/mol. The molecule has 1 saturated carbocycles. The van der Waals surface area contributed by atoms with E-state index in [1.54, 1.807) is 6.07 Å². The molecule has 0 radical (unpaired) electrons. The van der Waals surface area contributed by atoms with Crippen LogP contribution in [-0.2, 0) is 0 Å². The largest absolute Gasteiger partial charge is 0.474 e. The van der Waals surface area contributed by atoms with E-state index in [0.717, 1.165) is 32.0 Å². The van der Waals surface area contributed by atoms with Gasteiger partial charge in [0.05, 0.1) is 16.8 Å². The van der Waals surface area contributed by atoms with Gasteiger partial charge in [0.25, 0.3) is 0 Å². The predicted octanol–water partition coefficient (Wildman–Crippen LogP) is 3.00.